The molecule has 0 aliphatic heterocycles. The number of nitrogens with one attached hydrogen (secondary N) is 2. The molecule has 1 aliphatic carbocycles. The molecule has 0 saturated heterocycles. The second-order valence-electron chi connectivity index (χ2n) is 6.50. The maximum Gasteiger partial charge on any atom is 0.238 e. The van der Waals surface area contributed by atoms with E-state index < -0.39 is 5.25 Å². The van der Waals surface area contributed by atoms with Crippen LogP contribution in [0.3, 0.4) is 0 Å². The summed E-state index contributed by atoms with van der Waals surface area (Å²) in [4.78, 5) is 17.2. The number of carbonyl (C=O) groups excluding carboxylic acids is 1. The van der Waals surface area contributed by atoms with Crippen LogP contribution in [0.5, 0.6) is 5.75 Å². The number of benzene rings is 2. The predicted octanol–water partition coefficient (Wildman–Crippen LogP) is 4.15. The van der Waals surface area contributed by atoms with Crippen molar-refractivity contribution in [1.29, 1.82) is 0 Å². The smallest absolute Gasteiger partial charge is 0.238 e. The van der Waals surface area contributed by atoms with E-state index in [0.29, 0.717) is 27.8 Å². The van der Waals surface area contributed by atoms with E-state index in [1.54, 1.807) is 24.3 Å². The van der Waals surface area contributed by atoms with Crippen molar-refractivity contribution in [2.45, 2.75) is 35.9 Å². The summed E-state index contributed by atoms with van der Waals surface area (Å²) in [6.45, 7) is 0.249. The highest BCUT2D eigenvalue weighted by Crippen LogP contribution is 2.34. The van der Waals surface area contributed by atoms with Crippen molar-refractivity contribution in [3.05, 3.63) is 71.0 Å². The van der Waals surface area contributed by atoms with E-state index in [-0.39, 0.29) is 12.5 Å². The lowest BCUT2D eigenvalue weighted by molar-refractivity contribution is -0.120. The van der Waals surface area contributed by atoms with E-state index in [0.717, 1.165) is 18.4 Å². The van der Waals surface area contributed by atoms with Gasteiger partial charge in [0.1, 0.15) is 17.6 Å². The maximum absolute atomic E-state index is 12.7. The molecule has 2 N–H and O–H groups in total. The summed E-state index contributed by atoms with van der Waals surface area (Å²) < 4.78 is 5.68. The van der Waals surface area contributed by atoms with Crippen molar-refractivity contribution < 1.29 is 9.53 Å². The Hall–Kier alpha value is -2.51. The van der Waals surface area contributed by atoms with Crippen LogP contribution >= 0.6 is 23.4 Å². The van der Waals surface area contributed by atoms with Gasteiger partial charge in [0.2, 0.25) is 11.1 Å². The van der Waals surface area contributed by atoms with Gasteiger partial charge in [-0.3, -0.25) is 9.89 Å². The molecule has 0 radical (unpaired) electrons. The van der Waals surface area contributed by atoms with Gasteiger partial charge in [-0.05, 0) is 42.7 Å². The minimum Gasteiger partial charge on any atom is -0.486 e. The normalized spacial score (nSPS) is 14.5. The fourth-order valence-corrected chi connectivity index (χ4v) is 3.65. The van der Waals surface area contributed by atoms with E-state index in [1.807, 2.05) is 30.3 Å². The first-order valence-corrected chi connectivity index (χ1v) is 10.2. The van der Waals surface area contributed by atoms with Gasteiger partial charge in [-0.15, -0.1) is 5.10 Å². The van der Waals surface area contributed by atoms with E-state index in [9.17, 15) is 4.79 Å². The summed E-state index contributed by atoms with van der Waals surface area (Å²) in [7, 11) is 0. The molecule has 1 heterocycles. The maximum atomic E-state index is 12.7. The van der Waals surface area contributed by atoms with Crippen LogP contribution in [0.1, 0.15) is 29.5 Å². The number of carbonyl (C=O) groups is 1. The predicted molar refractivity (Wildman–Crippen MR) is 108 cm³/mol. The van der Waals surface area contributed by atoms with Gasteiger partial charge in [0.15, 0.2) is 5.82 Å². The average molecular weight is 415 g/mol. The van der Waals surface area contributed by atoms with Crippen molar-refractivity contribution in [3.8, 4) is 5.75 Å². The lowest BCUT2D eigenvalue weighted by Crippen LogP contribution is -2.29. The molecule has 0 unspecified atom stereocenters. The van der Waals surface area contributed by atoms with E-state index >= 15 is 0 Å². The third kappa shape index (κ3) is 5.05. The summed E-state index contributed by atoms with van der Waals surface area (Å²) >= 11 is 7.20. The number of rotatable bonds is 8. The van der Waals surface area contributed by atoms with Crippen LogP contribution in [0.25, 0.3) is 0 Å². The number of aromatic nitrogens is 3. The molecule has 1 aromatic heterocycles. The topological polar surface area (TPSA) is 79.9 Å². The number of amides is 1. The summed E-state index contributed by atoms with van der Waals surface area (Å²) in [6.07, 6.45) is 2.09. The Balaban J connectivity index is 1.42. The van der Waals surface area contributed by atoms with E-state index in [4.69, 9.17) is 16.3 Å². The second kappa shape index (κ2) is 8.67. The zero-order valence-corrected chi connectivity index (χ0v) is 16.5. The highest BCUT2D eigenvalue weighted by molar-refractivity contribution is 8.00. The minimum absolute atomic E-state index is 0.0116. The van der Waals surface area contributed by atoms with Crippen LogP contribution < -0.4 is 10.1 Å². The molecule has 8 heteroatoms. The summed E-state index contributed by atoms with van der Waals surface area (Å²) in [5, 5.41) is 10.9. The van der Waals surface area contributed by atoms with Crippen molar-refractivity contribution in [2.75, 3.05) is 0 Å². The van der Waals surface area contributed by atoms with Crippen LogP contribution in [0.2, 0.25) is 5.02 Å². The van der Waals surface area contributed by atoms with Gasteiger partial charge in [-0.1, -0.05) is 53.7 Å². The van der Waals surface area contributed by atoms with Crippen molar-refractivity contribution in [2.24, 2.45) is 0 Å². The molecule has 1 aliphatic rings. The van der Waals surface area contributed by atoms with E-state index in [2.05, 4.69) is 20.5 Å². The van der Waals surface area contributed by atoms with Crippen molar-refractivity contribution in [3.63, 3.8) is 0 Å². The van der Waals surface area contributed by atoms with Gasteiger partial charge in [0, 0.05) is 11.1 Å². The molecular weight excluding hydrogens is 396 g/mol. The molecule has 3 aromatic rings. The van der Waals surface area contributed by atoms with E-state index in [1.165, 1.54) is 11.8 Å². The number of aromatic amines is 1. The standard InChI is InChI=1S/C20H19ClN4O2S/c21-14-6-10-16(11-7-14)27-12-17-23-20(25-24-17)28-18(13-4-2-1-3-5-13)19(26)22-15-8-9-15/h1-7,10-11,15,18H,8-9,12H2,(H,22,26)(H,23,24,25)/t18-/m0/s1. The van der Waals surface area contributed by atoms with Crippen LogP contribution in [0.15, 0.2) is 59.8 Å². The van der Waals surface area contributed by atoms with Gasteiger partial charge in [0.05, 0.1) is 0 Å². The Morgan fingerprint density at radius 3 is 2.68 bits per heavy atom. The molecule has 4 rings (SSSR count). The van der Waals surface area contributed by atoms with Crippen LogP contribution in [-0.2, 0) is 11.4 Å². The largest absolute Gasteiger partial charge is 0.486 e. The number of halogens is 1. The first-order valence-electron chi connectivity index (χ1n) is 8.99. The quantitative estimate of drug-likeness (QED) is 0.541. The first kappa shape index (κ1) is 18.8. The zero-order chi connectivity index (χ0) is 19.3. The third-order valence-corrected chi connectivity index (χ3v) is 5.56. The Morgan fingerprint density at radius 1 is 1.21 bits per heavy atom. The highest BCUT2D eigenvalue weighted by atomic mass is 35.5. The molecule has 1 fully saturated rings. The first-order chi connectivity index (χ1) is 13.7. The Morgan fingerprint density at radius 2 is 1.96 bits per heavy atom. The number of hydrogen-bond donors (Lipinski definition) is 2. The molecular formula is C20H19ClN4O2S. The van der Waals surface area contributed by atoms with Gasteiger partial charge < -0.3 is 10.1 Å². The number of hydrogen-bond acceptors (Lipinski definition) is 5. The van der Waals surface area contributed by atoms with Crippen LogP contribution in [-0.4, -0.2) is 27.1 Å². The third-order valence-electron chi connectivity index (χ3n) is 4.19. The Bertz CT molecular complexity index is 929. The number of H-pyrrole nitrogens is 1. The SMILES string of the molecule is O=C(NC1CC1)[C@@H](Sc1n[nH]c(COc2ccc(Cl)cc2)n1)c1ccccc1. The highest BCUT2D eigenvalue weighted by Gasteiger charge is 2.30. The molecule has 144 valence electrons. The lowest BCUT2D eigenvalue weighted by Gasteiger charge is -2.15. The summed E-state index contributed by atoms with van der Waals surface area (Å²) in [5.74, 6) is 1.27. The van der Waals surface area contributed by atoms with Crippen LogP contribution in [0.4, 0.5) is 0 Å². The van der Waals surface area contributed by atoms with Gasteiger partial charge in [-0.25, -0.2) is 4.98 Å². The molecule has 28 heavy (non-hydrogen) atoms. The number of thioether (sulfide) groups is 1. The molecule has 1 saturated carbocycles. The van der Waals surface area contributed by atoms with Crippen LogP contribution in [0, 0.1) is 0 Å². The number of ether oxygens (including phenoxy) is 1. The monoisotopic (exact) mass is 414 g/mol. The molecule has 0 spiro atoms. The number of nitrogens with zero attached hydrogens (tertiary/aromatic N) is 2. The fourth-order valence-electron chi connectivity index (χ4n) is 2.59. The van der Waals surface area contributed by atoms with Gasteiger partial charge >= 0.3 is 0 Å². The Kier molecular flexibility index (Phi) is 5.83. The molecule has 6 nitrogen and oxygen atoms in total. The fraction of sp³-hybridized carbons (Fsp3) is 0.250. The molecule has 2 aromatic carbocycles. The van der Waals surface area contributed by atoms with Crippen molar-refractivity contribution in [1.82, 2.24) is 20.5 Å². The lowest BCUT2D eigenvalue weighted by atomic mass is 10.1. The summed E-state index contributed by atoms with van der Waals surface area (Å²) in [5.41, 5.74) is 0.925. The second-order valence-corrected chi connectivity index (χ2v) is 8.01. The summed E-state index contributed by atoms with van der Waals surface area (Å²) in [6, 6.07) is 17.1. The van der Waals surface area contributed by atoms with Gasteiger partial charge in [0.25, 0.3) is 0 Å². The van der Waals surface area contributed by atoms with Gasteiger partial charge in [-0.2, -0.15) is 0 Å². The minimum atomic E-state index is -0.400. The molecule has 0 bridgehead atoms. The zero-order valence-electron chi connectivity index (χ0n) is 15.0. The molecule has 1 amide bonds. The molecule has 1 atom stereocenters. The Labute approximate surface area is 172 Å². The van der Waals surface area contributed by atoms with Crippen molar-refractivity contribution >= 4 is 29.3 Å². The average Bonchev–Trinajstić information content (AvgIpc) is 3.41.